The molecule has 2 amide bonds. The quantitative estimate of drug-likeness (QED) is 0.717. The standard InChI is InChI=1S/C21H26FN5O4S/c1-4-23-21(28)25-16-6-5-14(9-15(16)22)19-24-17-11-32(29,30)13(3)18(17)20(26-19)27-7-8-31-10-12(27)2/h5-6,9,12-13H,4,7-8,10-11H2,1-3H3,(H2,23,25,28)/t12-,13?/m0/s1. The van der Waals surface area contributed by atoms with Crippen LogP contribution in [0.1, 0.15) is 37.3 Å². The van der Waals surface area contributed by atoms with Gasteiger partial charge in [-0.05, 0) is 39.0 Å². The van der Waals surface area contributed by atoms with Crippen LogP contribution in [-0.2, 0) is 20.3 Å². The maximum absolute atomic E-state index is 14.7. The largest absolute Gasteiger partial charge is 0.377 e. The van der Waals surface area contributed by atoms with E-state index < -0.39 is 26.9 Å². The maximum atomic E-state index is 14.7. The first-order valence-electron chi connectivity index (χ1n) is 10.5. The molecule has 2 aromatic rings. The topological polar surface area (TPSA) is 114 Å². The van der Waals surface area contributed by atoms with E-state index in [2.05, 4.69) is 15.6 Å². The summed E-state index contributed by atoms with van der Waals surface area (Å²) in [6.07, 6.45) is 0. The number of ether oxygens (including phenoxy) is 1. The summed E-state index contributed by atoms with van der Waals surface area (Å²) in [7, 11) is -3.38. The van der Waals surface area contributed by atoms with Crippen molar-refractivity contribution in [1.29, 1.82) is 0 Å². The molecule has 1 unspecified atom stereocenters. The Hall–Kier alpha value is -2.79. The van der Waals surface area contributed by atoms with Gasteiger partial charge in [-0.1, -0.05) is 0 Å². The summed E-state index contributed by atoms with van der Waals surface area (Å²) < 4.78 is 45.5. The van der Waals surface area contributed by atoms with Gasteiger partial charge in [-0.25, -0.2) is 27.6 Å². The van der Waals surface area contributed by atoms with Crippen molar-refractivity contribution >= 4 is 27.4 Å². The fourth-order valence-electron chi connectivity index (χ4n) is 4.00. The summed E-state index contributed by atoms with van der Waals surface area (Å²) in [6.45, 7) is 7.40. The van der Waals surface area contributed by atoms with Gasteiger partial charge < -0.3 is 20.3 Å². The van der Waals surface area contributed by atoms with Crippen LogP contribution in [0, 0.1) is 5.82 Å². The number of hydrogen-bond donors (Lipinski definition) is 2. The number of rotatable bonds is 4. The molecule has 4 rings (SSSR count). The SMILES string of the molecule is CCNC(=O)Nc1ccc(-c2nc3c(c(N4CCOC[C@@H]4C)n2)C(C)S(=O)(=O)C3)cc1F. The van der Waals surface area contributed by atoms with Crippen molar-refractivity contribution in [1.82, 2.24) is 15.3 Å². The third-order valence-electron chi connectivity index (χ3n) is 5.74. The number of nitrogens with one attached hydrogen (secondary N) is 2. The van der Waals surface area contributed by atoms with Gasteiger partial charge in [0.25, 0.3) is 0 Å². The van der Waals surface area contributed by atoms with Gasteiger partial charge in [0.05, 0.1) is 41.6 Å². The van der Waals surface area contributed by atoms with E-state index in [0.29, 0.717) is 48.9 Å². The third kappa shape index (κ3) is 4.14. The van der Waals surface area contributed by atoms with Crippen molar-refractivity contribution < 1.29 is 22.3 Å². The molecule has 0 radical (unpaired) electrons. The van der Waals surface area contributed by atoms with Gasteiger partial charge in [0.15, 0.2) is 15.7 Å². The molecule has 3 heterocycles. The van der Waals surface area contributed by atoms with Crippen LogP contribution in [0.15, 0.2) is 18.2 Å². The first kappa shape index (κ1) is 22.4. The minimum absolute atomic E-state index is 0.00601. The molecule has 2 N–H and O–H groups in total. The van der Waals surface area contributed by atoms with Gasteiger partial charge in [0.2, 0.25) is 0 Å². The normalized spacial score (nSPS) is 21.8. The Bertz CT molecular complexity index is 1160. The average Bonchev–Trinajstić information content (AvgIpc) is 2.98. The third-order valence-corrected chi connectivity index (χ3v) is 7.73. The highest BCUT2D eigenvalue weighted by molar-refractivity contribution is 7.91. The summed E-state index contributed by atoms with van der Waals surface area (Å²) in [5, 5.41) is 4.28. The maximum Gasteiger partial charge on any atom is 0.319 e. The van der Waals surface area contributed by atoms with Gasteiger partial charge in [-0.3, -0.25) is 0 Å². The van der Waals surface area contributed by atoms with E-state index in [1.807, 2.05) is 11.8 Å². The highest BCUT2D eigenvalue weighted by Crippen LogP contribution is 2.42. The summed E-state index contributed by atoms with van der Waals surface area (Å²) in [4.78, 5) is 22.9. The van der Waals surface area contributed by atoms with E-state index in [1.165, 1.54) is 12.1 Å². The Kier molecular flexibility index (Phi) is 6.04. The molecule has 9 nitrogen and oxygen atoms in total. The van der Waals surface area contributed by atoms with Crippen molar-refractivity contribution in [2.45, 2.75) is 37.8 Å². The summed E-state index contributed by atoms with van der Waals surface area (Å²) in [5.74, 6) is -0.0195. The predicted octanol–water partition coefficient (Wildman–Crippen LogP) is 2.64. The van der Waals surface area contributed by atoms with Crippen LogP contribution in [-0.4, -0.2) is 56.8 Å². The van der Waals surface area contributed by atoms with Crippen molar-refractivity contribution in [2.75, 3.05) is 36.5 Å². The second-order valence-corrected chi connectivity index (χ2v) is 10.3. The molecule has 2 aliphatic rings. The molecule has 1 aromatic heterocycles. The van der Waals surface area contributed by atoms with E-state index in [9.17, 15) is 17.6 Å². The number of amides is 2. The number of morpholine rings is 1. The average molecular weight is 464 g/mol. The van der Waals surface area contributed by atoms with Crippen LogP contribution in [0.3, 0.4) is 0 Å². The van der Waals surface area contributed by atoms with Crippen molar-refractivity contribution in [2.24, 2.45) is 0 Å². The minimum atomic E-state index is -3.38. The van der Waals surface area contributed by atoms with Gasteiger partial charge >= 0.3 is 6.03 Å². The van der Waals surface area contributed by atoms with Crippen molar-refractivity contribution in [3.05, 3.63) is 35.3 Å². The highest BCUT2D eigenvalue weighted by Gasteiger charge is 2.40. The van der Waals surface area contributed by atoms with Gasteiger partial charge in [0, 0.05) is 24.2 Å². The second kappa shape index (κ2) is 8.62. The molecular weight excluding hydrogens is 437 g/mol. The number of aromatic nitrogens is 2. The number of benzene rings is 1. The fourth-order valence-corrected chi connectivity index (χ4v) is 5.45. The number of carbonyl (C=O) groups is 1. The molecule has 0 aliphatic carbocycles. The number of carbonyl (C=O) groups excluding carboxylic acids is 1. The first-order valence-corrected chi connectivity index (χ1v) is 12.2. The number of sulfone groups is 1. The monoisotopic (exact) mass is 463 g/mol. The van der Waals surface area contributed by atoms with Crippen LogP contribution in [0.25, 0.3) is 11.4 Å². The molecule has 2 aliphatic heterocycles. The number of hydrogen-bond acceptors (Lipinski definition) is 7. The number of urea groups is 1. The second-order valence-electron chi connectivity index (χ2n) is 7.98. The van der Waals surface area contributed by atoms with Crippen LogP contribution >= 0.6 is 0 Å². The Morgan fingerprint density at radius 3 is 2.78 bits per heavy atom. The molecule has 0 spiro atoms. The van der Waals surface area contributed by atoms with E-state index in [0.717, 1.165) is 0 Å². The fraction of sp³-hybridized carbons (Fsp3) is 0.476. The van der Waals surface area contributed by atoms with Gasteiger partial charge in [-0.15, -0.1) is 0 Å². The Labute approximate surface area is 186 Å². The van der Waals surface area contributed by atoms with Crippen LogP contribution in [0.5, 0.6) is 0 Å². The molecule has 32 heavy (non-hydrogen) atoms. The molecule has 1 saturated heterocycles. The lowest BCUT2D eigenvalue weighted by atomic mass is 10.1. The molecule has 11 heteroatoms. The first-order chi connectivity index (χ1) is 15.2. The zero-order chi connectivity index (χ0) is 23.0. The smallest absolute Gasteiger partial charge is 0.319 e. The molecular formula is C21H26FN5O4S. The van der Waals surface area contributed by atoms with Gasteiger partial charge in [-0.2, -0.15) is 0 Å². The zero-order valence-electron chi connectivity index (χ0n) is 18.2. The van der Waals surface area contributed by atoms with Crippen molar-refractivity contribution in [3.8, 4) is 11.4 Å². The molecule has 1 fully saturated rings. The summed E-state index contributed by atoms with van der Waals surface area (Å²) in [6, 6.07) is 3.78. The minimum Gasteiger partial charge on any atom is -0.377 e. The number of nitrogens with zero attached hydrogens (tertiary/aromatic N) is 3. The zero-order valence-corrected chi connectivity index (χ0v) is 19.0. The van der Waals surface area contributed by atoms with Crippen LogP contribution in [0.2, 0.25) is 0 Å². The van der Waals surface area contributed by atoms with Crippen molar-refractivity contribution in [3.63, 3.8) is 0 Å². The predicted molar refractivity (Wildman–Crippen MR) is 119 cm³/mol. The van der Waals surface area contributed by atoms with E-state index in [-0.39, 0.29) is 23.3 Å². The molecule has 172 valence electrons. The number of anilines is 2. The summed E-state index contributed by atoms with van der Waals surface area (Å²) in [5.41, 5.74) is 1.48. The van der Waals surface area contributed by atoms with E-state index >= 15 is 0 Å². The summed E-state index contributed by atoms with van der Waals surface area (Å²) >= 11 is 0. The Morgan fingerprint density at radius 2 is 2.09 bits per heavy atom. The Balaban J connectivity index is 1.77. The lowest BCUT2D eigenvalue weighted by Crippen LogP contribution is -2.44. The molecule has 0 saturated carbocycles. The van der Waals surface area contributed by atoms with Crippen LogP contribution in [0.4, 0.5) is 20.7 Å². The lowest BCUT2D eigenvalue weighted by Gasteiger charge is -2.35. The molecule has 2 atom stereocenters. The molecule has 0 bridgehead atoms. The Morgan fingerprint density at radius 1 is 1.31 bits per heavy atom. The number of fused-ring (bicyclic) bond motifs is 1. The highest BCUT2D eigenvalue weighted by atomic mass is 32.2. The number of halogens is 1. The van der Waals surface area contributed by atoms with Gasteiger partial charge in [0.1, 0.15) is 11.6 Å². The van der Waals surface area contributed by atoms with E-state index in [4.69, 9.17) is 9.72 Å². The van der Waals surface area contributed by atoms with Crippen LogP contribution < -0.4 is 15.5 Å². The van der Waals surface area contributed by atoms with E-state index in [1.54, 1.807) is 19.9 Å². The molecule has 1 aromatic carbocycles. The lowest BCUT2D eigenvalue weighted by molar-refractivity contribution is 0.0984.